The SMILES string of the molecule is [B]C1CCCCCCC2=C(CC1)CC1(COC1)N2C(C)C. The van der Waals surface area contributed by atoms with Gasteiger partial charge in [0.1, 0.15) is 0 Å². The summed E-state index contributed by atoms with van der Waals surface area (Å²) >= 11 is 0. The summed E-state index contributed by atoms with van der Waals surface area (Å²) in [6.07, 6.45) is 11.5. The van der Waals surface area contributed by atoms with Crippen molar-refractivity contribution in [2.24, 2.45) is 0 Å². The highest BCUT2D eigenvalue weighted by Crippen LogP contribution is 2.47. The minimum Gasteiger partial charge on any atom is -0.376 e. The molecule has 0 aromatic rings. The molecule has 3 rings (SSSR count). The van der Waals surface area contributed by atoms with Crippen molar-refractivity contribution >= 4 is 7.85 Å². The number of nitrogens with zero attached hydrogens (tertiary/aromatic N) is 1. The molecule has 2 radical (unpaired) electrons. The minimum atomic E-state index is 0.299. The Morgan fingerprint density at radius 3 is 2.52 bits per heavy atom. The molecule has 1 fully saturated rings. The van der Waals surface area contributed by atoms with E-state index in [0.29, 0.717) is 17.4 Å². The average Bonchev–Trinajstić information content (AvgIpc) is 2.73. The third kappa shape index (κ3) is 3.04. The zero-order chi connectivity index (χ0) is 14.9. The normalized spacial score (nSPS) is 30.2. The molecule has 0 amide bonds. The van der Waals surface area contributed by atoms with E-state index in [-0.39, 0.29) is 0 Å². The predicted molar refractivity (Wildman–Crippen MR) is 88.6 cm³/mol. The maximum atomic E-state index is 6.31. The van der Waals surface area contributed by atoms with Crippen molar-refractivity contribution in [3.63, 3.8) is 0 Å². The standard InChI is InChI=1S/C18H30BNO/c1-14(2)20-17-8-6-4-3-5-7-16(19)10-9-15(17)11-18(20)12-21-13-18/h14,16H,3-13H2,1-2H3. The first-order valence-corrected chi connectivity index (χ1v) is 8.96. The predicted octanol–water partition coefficient (Wildman–Crippen LogP) is 4.22. The van der Waals surface area contributed by atoms with Crippen molar-refractivity contribution in [2.75, 3.05) is 13.2 Å². The fourth-order valence-corrected chi connectivity index (χ4v) is 4.57. The molecule has 0 bridgehead atoms. The van der Waals surface area contributed by atoms with Crippen molar-refractivity contribution in [1.82, 2.24) is 4.90 Å². The Labute approximate surface area is 131 Å². The summed E-state index contributed by atoms with van der Waals surface area (Å²) in [4.78, 5) is 2.72. The molecular weight excluding hydrogens is 257 g/mol. The third-order valence-corrected chi connectivity index (χ3v) is 5.57. The van der Waals surface area contributed by atoms with Gasteiger partial charge in [0, 0.05) is 11.7 Å². The van der Waals surface area contributed by atoms with Crippen LogP contribution < -0.4 is 0 Å². The minimum absolute atomic E-state index is 0.299. The molecule has 1 unspecified atom stereocenters. The van der Waals surface area contributed by atoms with E-state index in [2.05, 4.69) is 18.7 Å². The van der Waals surface area contributed by atoms with Crippen LogP contribution in [0.3, 0.4) is 0 Å². The van der Waals surface area contributed by atoms with Gasteiger partial charge in [-0.05, 0) is 45.1 Å². The Kier molecular flexibility index (Phi) is 4.68. The van der Waals surface area contributed by atoms with E-state index in [1.165, 1.54) is 57.8 Å². The highest BCUT2D eigenvalue weighted by Gasteiger charge is 2.50. The molecule has 0 N–H and O–H groups in total. The first-order chi connectivity index (χ1) is 10.1. The van der Waals surface area contributed by atoms with Crippen LogP contribution in [0.1, 0.15) is 71.6 Å². The molecule has 2 aliphatic heterocycles. The summed E-state index contributed by atoms with van der Waals surface area (Å²) in [5.41, 5.74) is 3.65. The van der Waals surface area contributed by atoms with Crippen LogP contribution in [0.4, 0.5) is 0 Å². The highest BCUT2D eigenvalue weighted by atomic mass is 16.5. The van der Waals surface area contributed by atoms with Gasteiger partial charge in [-0.2, -0.15) is 0 Å². The smallest absolute Gasteiger partial charge is 0.0904 e. The van der Waals surface area contributed by atoms with Gasteiger partial charge in [-0.3, -0.25) is 0 Å². The first kappa shape index (κ1) is 15.5. The van der Waals surface area contributed by atoms with E-state index < -0.39 is 0 Å². The van der Waals surface area contributed by atoms with Crippen molar-refractivity contribution < 1.29 is 4.74 Å². The Balaban J connectivity index is 1.81. The number of rotatable bonds is 1. The molecule has 3 heteroatoms. The largest absolute Gasteiger partial charge is 0.376 e. The summed E-state index contributed by atoms with van der Waals surface area (Å²) in [6, 6.07) is 0.584. The van der Waals surface area contributed by atoms with Crippen LogP contribution in [-0.4, -0.2) is 37.5 Å². The van der Waals surface area contributed by atoms with Crippen molar-refractivity contribution in [2.45, 2.75) is 89.0 Å². The summed E-state index contributed by atoms with van der Waals surface area (Å²) in [6.45, 7) is 6.52. The van der Waals surface area contributed by atoms with E-state index in [9.17, 15) is 0 Å². The molecule has 1 aliphatic carbocycles. The molecule has 1 atom stereocenters. The second kappa shape index (κ2) is 6.36. The topological polar surface area (TPSA) is 12.5 Å². The number of ether oxygens (including phenoxy) is 1. The fraction of sp³-hybridized carbons (Fsp3) is 0.889. The molecule has 1 saturated heterocycles. The molecule has 0 aromatic heterocycles. The van der Waals surface area contributed by atoms with Crippen molar-refractivity contribution in [3.8, 4) is 0 Å². The lowest BCUT2D eigenvalue weighted by Crippen LogP contribution is -2.61. The van der Waals surface area contributed by atoms with Crippen LogP contribution in [0.5, 0.6) is 0 Å². The first-order valence-electron chi connectivity index (χ1n) is 8.96. The summed E-state index contributed by atoms with van der Waals surface area (Å²) in [5, 5.41) is 0. The molecular formula is C18H30BNO. The van der Waals surface area contributed by atoms with Crippen molar-refractivity contribution in [3.05, 3.63) is 11.3 Å². The van der Waals surface area contributed by atoms with Crippen LogP contribution >= 0.6 is 0 Å². The van der Waals surface area contributed by atoms with Crippen molar-refractivity contribution in [1.29, 1.82) is 0 Å². The maximum Gasteiger partial charge on any atom is 0.0904 e. The van der Waals surface area contributed by atoms with Gasteiger partial charge in [0.2, 0.25) is 0 Å². The molecule has 3 aliphatic rings. The molecule has 0 aromatic carbocycles. The van der Waals surface area contributed by atoms with Gasteiger partial charge in [0.05, 0.1) is 26.6 Å². The van der Waals surface area contributed by atoms with Crippen LogP contribution in [0, 0.1) is 0 Å². The monoisotopic (exact) mass is 287 g/mol. The van der Waals surface area contributed by atoms with E-state index in [0.717, 1.165) is 13.2 Å². The van der Waals surface area contributed by atoms with E-state index in [1.54, 1.807) is 11.3 Å². The van der Waals surface area contributed by atoms with Gasteiger partial charge in [0.15, 0.2) is 0 Å². The van der Waals surface area contributed by atoms with Crippen LogP contribution in [0.2, 0.25) is 5.82 Å². The van der Waals surface area contributed by atoms with Gasteiger partial charge >= 0.3 is 0 Å². The highest BCUT2D eigenvalue weighted by molar-refractivity contribution is 6.11. The quantitative estimate of drug-likeness (QED) is 0.670. The Hall–Kier alpha value is -0.435. The average molecular weight is 287 g/mol. The van der Waals surface area contributed by atoms with Crippen LogP contribution in [0.25, 0.3) is 0 Å². The second-order valence-corrected chi connectivity index (χ2v) is 7.66. The molecule has 0 saturated carbocycles. The molecule has 2 heterocycles. The van der Waals surface area contributed by atoms with Gasteiger partial charge in [-0.15, -0.1) is 0 Å². The van der Waals surface area contributed by atoms with E-state index in [4.69, 9.17) is 12.6 Å². The van der Waals surface area contributed by atoms with Gasteiger partial charge in [-0.25, -0.2) is 0 Å². The van der Waals surface area contributed by atoms with Crippen LogP contribution in [0.15, 0.2) is 11.3 Å². The maximum absolute atomic E-state index is 6.31. The molecule has 2 nitrogen and oxygen atoms in total. The fourth-order valence-electron chi connectivity index (χ4n) is 4.57. The van der Waals surface area contributed by atoms with E-state index in [1.807, 2.05) is 0 Å². The third-order valence-electron chi connectivity index (χ3n) is 5.57. The second-order valence-electron chi connectivity index (χ2n) is 7.66. The number of hydrogen-bond acceptors (Lipinski definition) is 2. The Bertz CT molecular complexity index is 400. The number of allylic oxidation sites excluding steroid dienone is 1. The summed E-state index contributed by atoms with van der Waals surface area (Å²) in [7, 11) is 6.31. The van der Waals surface area contributed by atoms with Crippen LogP contribution in [-0.2, 0) is 4.74 Å². The lowest BCUT2D eigenvalue weighted by Gasteiger charge is -2.50. The van der Waals surface area contributed by atoms with Gasteiger partial charge in [-0.1, -0.05) is 37.9 Å². The zero-order valence-corrected chi connectivity index (χ0v) is 13.9. The van der Waals surface area contributed by atoms with E-state index >= 15 is 0 Å². The zero-order valence-electron chi connectivity index (χ0n) is 13.9. The molecule has 1 spiro atoms. The summed E-state index contributed by atoms with van der Waals surface area (Å²) < 4.78 is 5.61. The molecule has 21 heavy (non-hydrogen) atoms. The Morgan fingerprint density at radius 1 is 1.10 bits per heavy atom. The summed E-state index contributed by atoms with van der Waals surface area (Å²) in [5.74, 6) is 0.401. The van der Waals surface area contributed by atoms with Gasteiger partial charge in [0.25, 0.3) is 0 Å². The van der Waals surface area contributed by atoms with Gasteiger partial charge < -0.3 is 9.64 Å². The number of hydrogen-bond donors (Lipinski definition) is 0. The Morgan fingerprint density at radius 2 is 1.86 bits per heavy atom. The lowest BCUT2D eigenvalue weighted by atomic mass is 9.78. The molecule has 116 valence electrons. The lowest BCUT2D eigenvalue weighted by molar-refractivity contribution is -0.128.